The van der Waals surface area contributed by atoms with E-state index in [0.717, 1.165) is 23.5 Å². The quantitative estimate of drug-likeness (QED) is 0.149. The topological polar surface area (TPSA) is 3.24 Å². The van der Waals surface area contributed by atoms with Crippen LogP contribution in [0.3, 0.4) is 0 Å². The maximum absolute atomic E-state index is 2.40. The molecule has 1 nitrogen and oxygen atoms in total. The van der Waals surface area contributed by atoms with E-state index in [-0.39, 0.29) is 5.41 Å². The molecule has 0 radical (unpaired) electrons. The minimum Gasteiger partial charge on any atom is -0.310 e. The van der Waals surface area contributed by atoms with E-state index in [1.807, 2.05) is 0 Å². The van der Waals surface area contributed by atoms with Crippen LogP contribution in [-0.4, -0.2) is 0 Å². The molecular weight excluding hydrogens is 723 g/mol. The van der Waals surface area contributed by atoms with Crippen LogP contribution < -0.4 is 4.90 Å². The van der Waals surface area contributed by atoms with E-state index in [1.165, 1.54) is 82.7 Å². The summed E-state index contributed by atoms with van der Waals surface area (Å²) in [4.78, 5) is 2.40. The van der Waals surface area contributed by atoms with Crippen LogP contribution in [0.1, 0.15) is 30.0 Å². The number of benzene rings is 10. The van der Waals surface area contributed by atoms with Gasteiger partial charge in [-0.05, 0) is 126 Å². The molecule has 0 saturated heterocycles. The van der Waals surface area contributed by atoms with Gasteiger partial charge in [-0.15, -0.1) is 0 Å². The molecule has 0 spiro atoms. The molecule has 0 saturated carbocycles. The molecule has 0 amide bonds. The highest BCUT2D eigenvalue weighted by Gasteiger charge is 2.44. The van der Waals surface area contributed by atoms with Crippen LogP contribution in [-0.2, 0) is 5.41 Å². The average molecular weight is 766 g/mol. The molecule has 60 heavy (non-hydrogen) atoms. The lowest BCUT2D eigenvalue weighted by atomic mass is 9.70. The Labute approximate surface area is 352 Å². The second kappa shape index (κ2) is 14.7. The van der Waals surface area contributed by atoms with Gasteiger partial charge in [0.25, 0.3) is 0 Å². The molecule has 1 heteroatoms. The zero-order valence-electron chi connectivity index (χ0n) is 33.6. The lowest BCUT2D eigenvalue weighted by Gasteiger charge is -2.32. The zero-order chi connectivity index (χ0) is 40.0. The molecule has 1 atom stereocenters. The van der Waals surface area contributed by atoms with E-state index >= 15 is 0 Å². The molecule has 0 aliphatic heterocycles. The van der Waals surface area contributed by atoms with Crippen molar-refractivity contribution in [1.82, 2.24) is 0 Å². The SMILES string of the molecule is CCC1(c2ccccc2)c2ccccc2-c2c(-c3cccc(N(c4ccc(-c5cccc6ccccc56)cc4)c4ccc(-c5cccc6ccccc56)cc4)c3)cccc21. The summed E-state index contributed by atoms with van der Waals surface area (Å²) in [6, 6.07) is 84.8. The summed E-state index contributed by atoms with van der Waals surface area (Å²) in [6.07, 6.45) is 0.974. The van der Waals surface area contributed by atoms with E-state index in [4.69, 9.17) is 0 Å². The third kappa shape index (κ3) is 5.77. The summed E-state index contributed by atoms with van der Waals surface area (Å²) < 4.78 is 0. The monoisotopic (exact) mass is 765 g/mol. The van der Waals surface area contributed by atoms with E-state index in [9.17, 15) is 0 Å². The maximum atomic E-state index is 2.40. The standard InChI is InChI=1S/C59H43N/c1-2-59(46-21-4-3-5-22-46)56-30-11-10-26-55(56)58-54(29-15-31-57(58)59)45-20-12-23-49(40-45)60(47-36-32-43(33-37-47)52-27-13-18-41-16-6-8-24-50(41)52)48-38-34-44(35-39-48)53-28-14-19-42-17-7-9-25-51(42)53/h3-40H,2H2,1H3. The van der Waals surface area contributed by atoms with Gasteiger partial charge in [0.1, 0.15) is 0 Å². The minimum atomic E-state index is -0.218. The Hall–Kier alpha value is -7.48. The summed E-state index contributed by atoms with van der Waals surface area (Å²) >= 11 is 0. The van der Waals surface area contributed by atoms with Crippen LogP contribution >= 0.6 is 0 Å². The fourth-order valence-corrected chi connectivity index (χ4v) is 10.1. The van der Waals surface area contributed by atoms with Gasteiger partial charge in [-0.1, -0.05) is 201 Å². The fraction of sp³-hybridized carbons (Fsp3) is 0.0508. The highest BCUT2D eigenvalue weighted by Crippen LogP contribution is 2.57. The molecule has 1 aliphatic carbocycles. The predicted molar refractivity (Wildman–Crippen MR) is 254 cm³/mol. The Balaban J connectivity index is 1.05. The fourth-order valence-electron chi connectivity index (χ4n) is 10.1. The van der Waals surface area contributed by atoms with Crippen molar-refractivity contribution in [2.75, 3.05) is 4.90 Å². The largest absolute Gasteiger partial charge is 0.310 e. The molecule has 0 bridgehead atoms. The highest BCUT2D eigenvalue weighted by atomic mass is 15.1. The average Bonchev–Trinajstić information content (AvgIpc) is 3.63. The van der Waals surface area contributed by atoms with E-state index in [2.05, 4.69) is 242 Å². The van der Waals surface area contributed by atoms with Gasteiger partial charge in [0.05, 0.1) is 0 Å². The Bertz CT molecular complexity index is 3050. The Morgan fingerprint density at radius 1 is 0.350 bits per heavy atom. The Morgan fingerprint density at radius 3 is 1.47 bits per heavy atom. The number of nitrogens with zero attached hydrogens (tertiary/aromatic N) is 1. The first-order valence-corrected chi connectivity index (χ1v) is 21.1. The van der Waals surface area contributed by atoms with Crippen molar-refractivity contribution in [1.29, 1.82) is 0 Å². The number of fused-ring (bicyclic) bond motifs is 5. The van der Waals surface area contributed by atoms with Crippen molar-refractivity contribution in [2.45, 2.75) is 18.8 Å². The number of anilines is 3. The second-order valence-corrected chi connectivity index (χ2v) is 15.9. The minimum absolute atomic E-state index is 0.218. The lowest BCUT2D eigenvalue weighted by Crippen LogP contribution is -2.25. The molecule has 0 fully saturated rings. The van der Waals surface area contributed by atoms with Crippen molar-refractivity contribution >= 4 is 38.6 Å². The van der Waals surface area contributed by atoms with Crippen LogP contribution in [0.15, 0.2) is 231 Å². The van der Waals surface area contributed by atoms with Crippen LogP contribution in [0.25, 0.3) is 66.1 Å². The first-order chi connectivity index (χ1) is 29.7. The molecule has 10 aromatic rings. The Morgan fingerprint density at radius 2 is 0.833 bits per heavy atom. The zero-order valence-corrected chi connectivity index (χ0v) is 33.6. The molecule has 0 heterocycles. The number of rotatable bonds is 8. The summed E-state index contributed by atoms with van der Waals surface area (Å²) in [6.45, 7) is 2.33. The van der Waals surface area contributed by atoms with Crippen molar-refractivity contribution in [3.05, 3.63) is 247 Å². The molecule has 284 valence electrons. The van der Waals surface area contributed by atoms with Gasteiger partial charge in [-0.25, -0.2) is 0 Å². The van der Waals surface area contributed by atoms with E-state index in [0.29, 0.717) is 0 Å². The van der Waals surface area contributed by atoms with Crippen LogP contribution in [0.4, 0.5) is 17.1 Å². The maximum Gasteiger partial charge on any atom is 0.0467 e. The summed E-state index contributed by atoms with van der Waals surface area (Å²) in [5.41, 5.74) is 17.2. The van der Waals surface area contributed by atoms with Gasteiger partial charge in [-0.3, -0.25) is 0 Å². The van der Waals surface area contributed by atoms with Crippen LogP contribution in [0.5, 0.6) is 0 Å². The smallest absolute Gasteiger partial charge is 0.0467 e. The van der Waals surface area contributed by atoms with Crippen molar-refractivity contribution in [2.24, 2.45) is 0 Å². The molecule has 0 aromatic heterocycles. The van der Waals surface area contributed by atoms with E-state index in [1.54, 1.807) is 0 Å². The lowest BCUT2D eigenvalue weighted by molar-refractivity contribution is 0.609. The molecule has 10 aromatic carbocycles. The molecule has 1 aliphatic rings. The van der Waals surface area contributed by atoms with Gasteiger partial charge in [0.2, 0.25) is 0 Å². The van der Waals surface area contributed by atoms with Crippen LogP contribution in [0, 0.1) is 0 Å². The normalized spacial score (nSPS) is 14.2. The molecule has 1 unspecified atom stereocenters. The van der Waals surface area contributed by atoms with Crippen molar-refractivity contribution in [3.63, 3.8) is 0 Å². The highest BCUT2D eigenvalue weighted by molar-refractivity contribution is 5.99. The van der Waals surface area contributed by atoms with Crippen molar-refractivity contribution < 1.29 is 0 Å². The van der Waals surface area contributed by atoms with E-state index < -0.39 is 0 Å². The summed E-state index contributed by atoms with van der Waals surface area (Å²) in [5, 5.41) is 5.02. The van der Waals surface area contributed by atoms with Gasteiger partial charge < -0.3 is 4.90 Å². The molecule has 11 rings (SSSR count). The first-order valence-electron chi connectivity index (χ1n) is 21.1. The predicted octanol–water partition coefficient (Wildman–Crippen LogP) is 16.2. The first kappa shape index (κ1) is 35.7. The summed E-state index contributed by atoms with van der Waals surface area (Å²) in [7, 11) is 0. The third-order valence-electron chi connectivity index (χ3n) is 12.8. The Kier molecular flexibility index (Phi) is 8.75. The van der Waals surface area contributed by atoms with Gasteiger partial charge in [0, 0.05) is 22.5 Å². The molecule has 0 N–H and O–H groups in total. The van der Waals surface area contributed by atoms with Gasteiger partial charge in [0.15, 0.2) is 0 Å². The number of hydrogen-bond donors (Lipinski definition) is 0. The third-order valence-corrected chi connectivity index (χ3v) is 12.8. The van der Waals surface area contributed by atoms with Crippen LogP contribution in [0.2, 0.25) is 0 Å². The molecular formula is C59H43N. The number of hydrogen-bond acceptors (Lipinski definition) is 1. The second-order valence-electron chi connectivity index (χ2n) is 15.9. The van der Waals surface area contributed by atoms with Crippen molar-refractivity contribution in [3.8, 4) is 44.5 Å². The van der Waals surface area contributed by atoms with Gasteiger partial charge >= 0.3 is 0 Å². The van der Waals surface area contributed by atoms with Gasteiger partial charge in [-0.2, -0.15) is 0 Å². The summed E-state index contributed by atoms with van der Waals surface area (Å²) in [5.74, 6) is 0.